The summed E-state index contributed by atoms with van der Waals surface area (Å²) in [5.74, 6) is -0.963. The summed E-state index contributed by atoms with van der Waals surface area (Å²) in [7, 11) is 1.64. The van der Waals surface area contributed by atoms with Crippen molar-refractivity contribution >= 4 is 22.6 Å². The number of morpholine rings is 1. The topological polar surface area (TPSA) is 79.0 Å². The van der Waals surface area contributed by atoms with E-state index in [2.05, 4.69) is 5.16 Å². The van der Waals surface area contributed by atoms with E-state index in [1.165, 1.54) is 4.90 Å². The van der Waals surface area contributed by atoms with Crippen molar-refractivity contribution < 1.29 is 23.6 Å². The normalized spacial score (nSPS) is 20.6. The van der Waals surface area contributed by atoms with Crippen molar-refractivity contribution in [2.24, 2.45) is 0 Å². The third-order valence-corrected chi connectivity index (χ3v) is 4.69. The molecule has 2 atom stereocenters. The standard InChI is InChI=1S/C18H24FN3O4/c1-5-21(4)18(24)15-13-6-12(9-23)16(14(19)17(13)26-20-15)22-7-10(2)25-11(3)8-22/h6,10-11,23H,5,7-9H2,1-4H3/t10-,11+. The van der Waals surface area contributed by atoms with Gasteiger partial charge in [-0.25, -0.2) is 4.39 Å². The van der Waals surface area contributed by atoms with Crippen molar-refractivity contribution in [3.05, 3.63) is 23.1 Å². The summed E-state index contributed by atoms with van der Waals surface area (Å²) in [6.45, 7) is 6.80. The van der Waals surface area contributed by atoms with Gasteiger partial charge in [0, 0.05) is 32.2 Å². The molecule has 0 radical (unpaired) electrons. The van der Waals surface area contributed by atoms with Crippen LogP contribution in [0.4, 0.5) is 10.1 Å². The molecule has 2 heterocycles. The Bertz CT molecular complexity index is 812. The predicted octanol–water partition coefficient (Wildman–Crippen LogP) is 2.16. The van der Waals surface area contributed by atoms with Crippen LogP contribution in [0.15, 0.2) is 10.6 Å². The zero-order chi connectivity index (χ0) is 19.0. The van der Waals surface area contributed by atoms with Crippen LogP contribution in [0.2, 0.25) is 0 Å². The number of amides is 1. The molecule has 0 spiro atoms. The van der Waals surface area contributed by atoms with E-state index in [9.17, 15) is 9.90 Å². The fraction of sp³-hybridized carbons (Fsp3) is 0.556. The molecule has 1 N–H and O–H groups in total. The Morgan fingerprint density at radius 3 is 2.65 bits per heavy atom. The minimum Gasteiger partial charge on any atom is -0.392 e. The highest BCUT2D eigenvalue weighted by molar-refractivity contribution is 6.05. The van der Waals surface area contributed by atoms with Crippen LogP contribution in [-0.2, 0) is 11.3 Å². The quantitative estimate of drug-likeness (QED) is 0.895. The van der Waals surface area contributed by atoms with Gasteiger partial charge in [0.05, 0.1) is 29.9 Å². The molecule has 26 heavy (non-hydrogen) atoms. The first-order valence-electron chi connectivity index (χ1n) is 8.74. The smallest absolute Gasteiger partial charge is 0.276 e. The second-order valence-electron chi connectivity index (χ2n) is 6.75. The number of benzene rings is 1. The molecule has 1 aromatic heterocycles. The van der Waals surface area contributed by atoms with Crippen LogP contribution in [0.1, 0.15) is 36.8 Å². The molecular formula is C18H24FN3O4. The number of aliphatic hydroxyl groups excluding tert-OH is 1. The van der Waals surface area contributed by atoms with Crippen LogP contribution in [-0.4, -0.2) is 60.0 Å². The lowest BCUT2D eigenvalue weighted by atomic mass is 10.0. The molecule has 0 aliphatic carbocycles. The summed E-state index contributed by atoms with van der Waals surface area (Å²) < 4.78 is 26.1. The van der Waals surface area contributed by atoms with Gasteiger partial charge in [-0.15, -0.1) is 0 Å². The molecule has 0 saturated carbocycles. The summed E-state index contributed by atoms with van der Waals surface area (Å²) in [6.07, 6.45) is -0.129. The maximum Gasteiger partial charge on any atom is 0.276 e. The summed E-state index contributed by atoms with van der Waals surface area (Å²) in [5, 5.41) is 13.9. The molecule has 1 aliphatic rings. The van der Waals surface area contributed by atoms with E-state index in [0.717, 1.165) is 0 Å². The number of carbonyl (C=O) groups is 1. The fourth-order valence-electron chi connectivity index (χ4n) is 3.38. The Morgan fingerprint density at radius 1 is 1.42 bits per heavy atom. The van der Waals surface area contributed by atoms with E-state index in [-0.39, 0.29) is 47.1 Å². The van der Waals surface area contributed by atoms with Crippen molar-refractivity contribution in [2.45, 2.75) is 39.6 Å². The van der Waals surface area contributed by atoms with Gasteiger partial charge in [0.15, 0.2) is 11.5 Å². The van der Waals surface area contributed by atoms with Crippen molar-refractivity contribution in [1.82, 2.24) is 10.1 Å². The van der Waals surface area contributed by atoms with Gasteiger partial charge in [0.25, 0.3) is 5.91 Å². The minimum atomic E-state index is -0.612. The van der Waals surface area contributed by atoms with E-state index < -0.39 is 5.82 Å². The largest absolute Gasteiger partial charge is 0.392 e. The van der Waals surface area contributed by atoms with Gasteiger partial charge < -0.3 is 24.2 Å². The molecule has 1 saturated heterocycles. The minimum absolute atomic E-state index is 0.0493. The fourth-order valence-corrected chi connectivity index (χ4v) is 3.38. The van der Waals surface area contributed by atoms with Gasteiger partial charge in [-0.05, 0) is 26.8 Å². The lowest BCUT2D eigenvalue weighted by Gasteiger charge is -2.37. The molecule has 1 aliphatic heterocycles. The van der Waals surface area contributed by atoms with Crippen LogP contribution in [0.25, 0.3) is 11.0 Å². The van der Waals surface area contributed by atoms with E-state index >= 15 is 4.39 Å². The average molecular weight is 365 g/mol. The Kier molecular flexibility index (Phi) is 5.15. The lowest BCUT2D eigenvalue weighted by molar-refractivity contribution is -0.00550. The molecule has 2 aromatic rings. The van der Waals surface area contributed by atoms with Crippen molar-refractivity contribution in [3.63, 3.8) is 0 Å². The average Bonchev–Trinajstić information content (AvgIpc) is 3.03. The number of hydrogen-bond donors (Lipinski definition) is 1. The van der Waals surface area contributed by atoms with Crippen LogP contribution < -0.4 is 4.90 Å². The Hall–Kier alpha value is -2.19. The number of aliphatic hydroxyl groups is 1. The molecule has 1 fully saturated rings. The molecule has 0 bridgehead atoms. The molecule has 8 heteroatoms. The molecular weight excluding hydrogens is 341 g/mol. The van der Waals surface area contributed by atoms with Gasteiger partial charge in [-0.2, -0.15) is 0 Å². The van der Waals surface area contributed by atoms with Gasteiger partial charge in [-0.3, -0.25) is 4.79 Å². The summed E-state index contributed by atoms with van der Waals surface area (Å²) in [4.78, 5) is 15.7. The molecule has 1 amide bonds. The monoisotopic (exact) mass is 365 g/mol. The third-order valence-electron chi connectivity index (χ3n) is 4.69. The van der Waals surface area contributed by atoms with Crippen LogP contribution in [0.3, 0.4) is 0 Å². The number of ether oxygens (including phenoxy) is 1. The zero-order valence-electron chi connectivity index (χ0n) is 15.5. The van der Waals surface area contributed by atoms with Gasteiger partial charge >= 0.3 is 0 Å². The Morgan fingerprint density at radius 2 is 2.08 bits per heavy atom. The number of aromatic nitrogens is 1. The van der Waals surface area contributed by atoms with E-state index in [1.54, 1.807) is 13.1 Å². The molecule has 3 rings (SSSR count). The maximum atomic E-state index is 15.3. The SMILES string of the molecule is CCN(C)C(=O)c1noc2c(F)c(N3C[C@@H](C)O[C@@H](C)C3)c(CO)cc12. The number of nitrogens with zero attached hydrogens (tertiary/aromatic N) is 3. The highest BCUT2D eigenvalue weighted by Gasteiger charge is 2.30. The highest BCUT2D eigenvalue weighted by Crippen LogP contribution is 2.35. The third kappa shape index (κ3) is 3.14. The van der Waals surface area contributed by atoms with Gasteiger partial charge in [0.1, 0.15) is 0 Å². The summed E-state index contributed by atoms with van der Waals surface area (Å²) in [5.41, 5.74) is 0.652. The number of halogens is 1. The molecule has 1 aromatic carbocycles. The Labute approximate surface area is 151 Å². The Balaban J connectivity index is 2.12. The van der Waals surface area contributed by atoms with E-state index in [4.69, 9.17) is 9.26 Å². The van der Waals surface area contributed by atoms with Crippen molar-refractivity contribution in [1.29, 1.82) is 0 Å². The first kappa shape index (κ1) is 18.6. The lowest BCUT2D eigenvalue weighted by Crippen LogP contribution is -2.46. The van der Waals surface area contributed by atoms with Crippen LogP contribution >= 0.6 is 0 Å². The molecule has 7 nitrogen and oxygen atoms in total. The second kappa shape index (κ2) is 7.20. The van der Waals surface area contributed by atoms with Crippen LogP contribution in [0.5, 0.6) is 0 Å². The number of fused-ring (bicyclic) bond motifs is 1. The maximum absolute atomic E-state index is 15.3. The van der Waals surface area contributed by atoms with Gasteiger partial charge in [0.2, 0.25) is 5.58 Å². The van der Waals surface area contributed by atoms with Crippen molar-refractivity contribution in [3.8, 4) is 0 Å². The predicted molar refractivity (Wildman–Crippen MR) is 94.7 cm³/mol. The molecule has 142 valence electrons. The zero-order valence-corrected chi connectivity index (χ0v) is 15.5. The first-order valence-corrected chi connectivity index (χ1v) is 8.74. The number of carbonyl (C=O) groups excluding carboxylic acids is 1. The van der Waals surface area contributed by atoms with Gasteiger partial charge in [-0.1, -0.05) is 5.16 Å². The van der Waals surface area contributed by atoms with E-state index in [0.29, 0.717) is 25.2 Å². The summed E-state index contributed by atoms with van der Waals surface area (Å²) in [6, 6.07) is 1.59. The number of hydrogen-bond acceptors (Lipinski definition) is 6. The van der Waals surface area contributed by atoms with Crippen LogP contribution in [0, 0.1) is 5.82 Å². The highest BCUT2D eigenvalue weighted by atomic mass is 19.1. The first-order chi connectivity index (χ1) is 12.4. The van der Waals surface area contributed by atoms with E-state index in [1.807, 2.05) is 25.7 Å². The number of anilines is 1. The second-order valence-corrected chi connectivity index (χ2v) is 6.75. The summed E-state index contributed by atoms with van der Waals surface area (Å²) >= 11 is 0. The number of rotatable bonds is 4. The molecule has 0 unspecified atom stereocenters. The van der Waals surface area contributed by atoms with Crippen molar-refractivity contribution in [2.75, 3.05) is 31.6 Å².